The predicted molar refractivity (Wildman–Crippen MR) is 70.4 cm³/mol. The number of methoxy groups -OCH3 is 1. The minimum absolute atomic E-state index is 0.260. The topological polar surface area (TPSA) is 47.0 Å². The number of hydrogen-bond acceptors (Lipinski definition) is 4. The maximum Gasteiger partial charge on any atom is 0.233 e. The Bertz CT molecular complexity index is 575. The Morgan fingerprint density at radius 2 is 2.00 bits per heavy atom. The van der Waals surface area contributed by atoms with Crippen LogP contribution in [0.5, 0.6) is 5.88 Å². The molecule has 20 heavy (non-hydrogen) atoms. The van der Waals surface area contributed by atoms with Crippen molar-refractivity contribution in [3.05, 3.63) is 53.2 Å². The number of benzene rings is 1. The third kappa shape index (κ3) is 3.08. The molecule has 2 aromatic rings. The molecule has 0 aliphatic carbocycles. The van der Waals surface area contributed by atoms with Gasteiger partial charge in [0.2, 0.25) is 5.88 Å². The van der Waals surface area contributed by atoms with Crippen LogP contribution in [0.1, 0.15) is 17.3 Å². The fraction of sp³-hybridized carbons (Fsp3) is 0.286. The third-order valence-electron chi connectivity index (χ3n) is 3.03. The smallest absolute Gasteiger partial charge is 0.233 e. The van der Waals surface area contributed by atoms with Crippen LogP contribution in [-0.2, 0) is 6.42 Å². The van der Waals surface area contributed by atoms with Crippen molar-refractivity contribution in [2.24, 2.45) is 0 Å². The summed E-state index contributed by atoms with van der Waals surface area (Å²) < 4.78 is 31.8. The van der Waals surface area contributed by atoms with Gasteiger partial charge in [-0.3, -0.25) is 0 Å². The zero-order valence-electron chi connectivity index (χ0n) is 11.2. The number of ether oxygens (including phenoxy) is 1. The minimum Gasteiger partial charge on any atom is -0.480 e. The molecular weight excluding hydrogens is 264 g/mol. The summed E-state index contributed by atoms with van der Waals surface area (Å²) in [6.07, 6.45) is 0.279. The van der Waals surface area contributed by atoms with E-state index in [1.54, 1.807) is 25.2 Å². The quantitative estimate of drug-likeness (QED) is 0.912. The standard InChI is InChI=1S/C14H15F2N3O/c1-17-12(11-6-7-13(20-2)19-18-11)8-9-4-3-5-10(15)14(9)16/h3-7,12,17H,8H2,1-2H3. The molecule has 2 rings (SSSR count). The maximum absolute atomic E-state index is 13.7. The van der Waals surface area contributed by atoms with Crippen LogP contribution in [0.2, 0.25) is 0 Å². The van der Waals surface area contributed by atoms with E-state index in [1.807, 2.05) is 0 Å². The molecular formula is C14H15F2N3O. The van der Waals surface area contributed by atoms with E-state index in [0.29, 0.717) is 17.1 Å². The van der Waals surface area contributed by atoms with Gasteiger partial charge in [-0.2, -0.15) is 5.10 Å². The summed E-state index contributed by atoms with van der Waals surface area (Å²) in [5, 5.41) is 10.9. The van der Waals surface area contributed by atoms with Crippen molar-refractivity contribution in [1.29, 1.82) is 0 Å². The van der Waals surface area contributed by atoms with E-state index in [1.165, 1.54) is 13.2 Å². The highest BCUT2D eigenvalue weighted by Gasteiger charge is 2.16. The van der Waals surface area contributed by atoms with Gasteiger partial charge in [-0.15, -0.1) is 5.10 Å². The molecule has 1 aromatic carbocycles. The Hall–Kier alpha value is -2.08. The summed E-state index contributed by atoms with van der Waals surface area (Å²) in [5.41, 5.74) is 0.930. The molecule has 1 aromatic heterocycles. The number of halogens is 2. The lowest BCUT2D eigenvalue weighted by atomic mass is 10.0. The Morgan fingerprint density at radius 1 is 1.20 bits per heavy atom. The lowest BCUT2D eigenvalue weighted by Crippen LogP contribution is -2.21. The zero-order valence-corrected chi connectivity index (χ0v) is 11.2. The van der Waals surface area contributed by atoms with Gasteiger partial charge in [-0.1, -0.05) is 12.1 Å². The summed E-state index contributed by atoms with van der Waals surface area (Å²) in [5.74, 6) is -1.27. The van der Waals surface area contributed by atoms with Gasteiger partial charge in [0.05, 0.1) is 18.8 Å². The molecule has 0 radical (unpaired) electrons. The molecule has 0 fully saturated rings. The van der Waals surface area contributed by atoms with Gasteiger partial charge in [-0.05, 0) is 31.2 Å². The number of hydrogen-bond donors (Lipinski definition) is 1. The molecule has 106 valence electrons. The Balaban J connectivity index is 2.21. The van der Waals surface area contributed by atoms with Crippen LogP contribution in [0, 0.1) is 11.6 Å². The number of likely N-dealkylation sites (N-methyl/N-ethyl adjacent to an activating group) is 1. The average molecular weight is 279 g/mol. The predicted octanol–water partition coefficient (Wildman–Crippen LogP) is 2.27. The van der Waals surface area contributed by atoms with Crippen LogP contribution >= 0.6 is 0 Å². The summed E-state index contributed by atoms with van der Waals surface area (Å²) in [6.45, 7) is 0. The van der Waals surface area contributed by atoms with Crippen molar-refractivity contribution in [3.8, 4) is 5.88 Å². The first-order chi connectivity index (χ1) is 9.65. The van der Waals surface area contributed by atoms with Gasteiger partial charge < -0.3 is 10.1 Å². The van der Waals surface area contributed by atoms with Crippen LogP contribution in [0.15, 0.2) is 30.3 Å². The van der Waals surface area contributed by atoms with E-state index in [-0.39, 0.29) is 12.5 Å². The van der Waals surface area contributed by atoms with Crippen molar-refractivity contribution in [2.45, 2.75) is 12.5 Å². The van der Waals surface area contributed by atoms with Gasteiger partial charge in [0.25, 0.3) is 0 Å². The monoisotopic (exact) mass is 279 g/mol. The number of aromatic nitrogens is 2. The van der Waals surface area contributed by atoms with Gasteiger partial charge in [-0.25, -0.2) is 8.78 Å². The van der Waals surface area contributed by atoms with Gasteiger partial charge in [0.15, 0.2) is 11.6 Å². The number of rotatable bonds is 5. The first kappa shape index (κ1) is 14.3. The second kappa shape index (κ2) is 6.38. The van der Waals surface area contributed by atoms with E-state index >= 15 is 0 Å². The van der Waals surface area contributed by atoms with Crippen LogP contribution in [0.25, 0.3) is 0 Å². The SMILES string of the molecule is CNC(Cc1cccc(F)c1F)c1ccc(OC)nn1. The molecule has 1 atom stereocenters. The highest BCUT2D eigenvalue weighted by atomic mass is 19.2. The van der Waals surface area contributed by atoms with Crippen LogP contribution in [0.3, 0.4) is 0 Å². The molecule has 0 aliphatic heterocycles. The zero-order chi connectivity index (χ0) is 14.5. The third-order valence-corrected chi connectivity index (χ3v) is 3.03. The first-order valence-electron chi connectivity index (χ1n) is 6.13. The Morgan fingerprint density at radius 3 is 2.60 bits per heavy atom. The molecule has 1 unspecified atom stereocenters. The largest absolute Gasteiger partial charge is 0.480 e. The van der Waals surface area contributed by atoms with E-state index in [4.69, 9.17) is 4.74 Å². The normalized spacial score (nSPS) is 12.2. The Kier molecular flexibility index (Phi) is 4.57. The molecule has 0 saturated heterocycles. The lowest BCUT2D eigenvalue weighted by Gasteiger charge is -2.15. The second-order valence-corrected chi connectivity index (χ2v) is 4.26. The number of nitrogens with zero attached hydrogens (tertiary/aromatic N) is 2. The lowest BCUT2D eigenvalue weighted by molar-refractivity contribution is 0.389. The highest BCUT2D eigenvalue weighted by molar-refractivity contribution is 5.23. The molecule has 1 heterocycles. The molecule has 6 heteroatoms. The van der Waals surface area contributed by atoms with Crippen molar-refractivity contribution in [1.82, 2.24) is 15.5 Å². The first-order valence-corrected chi connectivity index (χ1v) is 6.13. The van der Waals surface area contributed by atoms with Gasteiger partial charge in [0, 0.05) is 6.07 Å². The molecule has 1 N–H and O–H groups in total. The summed E-state index contributed by atoms with van der Waals surface area (Å²) in [6, 6.07) is 7.30. The van der Waals surface area contributed by atoms with Crippen LogP contribution in [0.4, 0.5) is 8.78 Å². The molecule has 4 nitrogen and oxygen atoms in total. The second-order valence-electron chi connectivity index (χ2n) is 4.26. The fourth-order valence-electron chi connectivity index (χ4n) is 1.91. The van der Waals surface area contributed by atoms with Gasteiger partial charge in [0.1, 0.15) is 0 Å². The molecule has 0 saturated carbocycles. The maximum atomic E-state index is 13.7. The highest BCUT2D eigenvalue weighted by Crippen LogP contribution is 2.20. The van der Waals surface area contributed by atoms with Crippen molar-refractivity contribution in [3.63, 3.8) is 0 Å². The van der Waals surface area contributed by atoms with Crippen molar-refractivity contribution in [2.75, 3.05) is 14.2 Å². The minimum atomic E-state index is -0.849. The van der Waals surface area contributed by atoms with Gasteiger partial charge >= 0.3 is 0 Å². The Labute approximate surface area is 115 Å². The van der Waals surface area contributed by atoms with Crippen LogP contribution < -0.4 is 10.1 Å². The van der Waals surface area contributed by atoms with Crippen molar-refractivity contribution < 1.29 is 13.5 Å². The summed E-state index contributed by atoms with van der Waals surface area (Å²) in [7, 11) is 3.23. The van der Waals surface area contributed by atoms with E-state index in [9.17, 15) is 8.78 Å². The average Bonchev–Trinajstić information content (AvgIpc) is 2.49. The van der Waals surface area contributed by atoms with E-state index in [0.717, 1.165) is 6.07 Å². The summed E-state index contributed by atoms with van der Waals surface area (Å²) >= 11 is 0. The molecule has 0 amide bonds. The number of nitrogens with one attached hydrogen (secondary N) is 1. The molecule has 0 spiro atoms. The van der Waals surface area contributed by atoms with E-state index < -0.39 is 11.6 Å². The molecule has 0 aliphatic rings. The molecule has 0 bridgehead atoms. The fourth-order valence-corrected chi connectivity index (χ4v) is 1.91. The van der Waals surface area contributed by atoms with E-state index in [2.05, 4.69) is 15.5 Å². The van der Waals surface area contributed by atoms with Crippen molar-refractivity contribution >= 4 is 0 Å². The van der Waals surface area contributed by atoms with Crippen LogP contribution in [-0.4, -0.2) is 24.4 Å². The summed E-state index contributed by atoms with van der Waals surface area (Å²) in [4.78, 5) is 0.